The van der Waals surface area contributed by atoms with Crippen molar-refractivity contribution in [3.05, 3.63) is 21.4 Å². The maximum absolute atomic E-state index is 5.44. The number of thiophene rings is 1. The Hall–Kier alpha value is -0.340. The summed E-state index contributed by atoms with van der Waals surface area (Å²) in [4.78, 5) is 2.90. The van der Waals surface area contributed by atoms with E-state index in [1.165, 1.54) is 28.2 Å². The van der Waals surface area contributed by atoms with Crippen molar-refractivity contribution in [3.63, 3.8) is 0 Å². The van der Waals surface area contributed by atoms with Gasteiger partial charge >= 0.3 is 0 Å². The number of rotatable bonds is 4. The van der Waals surface area contributed by atoms with E-state index in [2.05, 4.69) is 19.9 Å². The second-order valence-electron chi connectivity index (χ2n) is 3.18. The van der Waals surface area contributed by atoms with Crippen molar-refractivity contribution in [2.75, 3.05) is 6.54 Å². The van der Waals surface area contributed by atoms with Crippen LogP contribution < -0.4 is 5.73 Å². The molecule has 1 heterocycles. The number of hydrogen-bond donors (Lipinski definition) is 1. The summed E-state index contributed by atoms with van der Waals surface area (Å²) in [5.74, 6) is 0. The van der Waals surface area contributed by atoms with Gasteiger partial charge in [-0.3, -0.25) is 0 Å². The molecule has 0 fully saturated rings. The zero-order valence-electron chi connectivity index (χ0n) is 7.89. The van der Waals surface area contributed by atoms with E-state index in [0.29, 0.717) is 0 Å². The molecule has 0 atom stereocenters. The first-order valence-electron chi connectivity index (χ1n) is 4.50. The molecule has 68 valence electrons. The third kappa shape index (κ3) is 2.61. The van der Waals surface area contributed by atoms with E-state index >= 15 is 0 Å². The predicted octanol–water partition coefficient (Wildman–Crippen LogP) is 2.65. The second kappa shape index (κ2) is 4.63. The summed E-state index contributed by atoms with van der Waals surface area (Å²) in [6.07, 6.45) is 3.58. The van der Waals surface area contributed by atoms with Crippen molar-refractivity contribution >= 4 is 11.3 Å². The van der Waals surface area contributed by atoms with Gasteiger partial charge in [0, 0.05) is 9.75 Å². The van der Waals surface area contributed by atoms with Gasteiger partial charge in [-0.25, -0.2) is 0 Å². The molecular formula is C10H17NS. The van der Waals surface area contributed by atoms with Gasteiger partial charge in [0.2, 0.25) is 0 Å². The summed E-state index contributed by atoms with van der Waals surface area (Å²) in [7, 11) is 0. The van der Waals surface area contributed by atoms with Crippen molar-refractivity contribution in [3.8, 4) is 0 Å². The van der Waals surface area contributed by atoms with Crippen LogP contribution in [0.1, 0.15) is 28.2 Å². The summed E-state index contributed by atoms with van der Waals surface area (Å²) in [6, 6.07) is 2.30. The van der Waals surface area contributed by atoms with Crippen LogP contribution >= 0.6 is 11.3 Å². The van der Waals surface area contributed by atoms with Crippen LogP contribution in [0.4, 0.5) is 0 Å². The number of unbranched alkanes of at least 4 members (excludes halogenated alkanes) is 1. The highest BCUT2D eigenvalue weighted by Crippen LogP contribution is 2.21. The van der Waals surface area contributed by atoms with Crippen LogP contribution in [0, 0.1) is 13.8 Å². The molecule has 0 spiro atoms. The average Bonchev–Trinajstić information content (AvgIpc) is 2.31. The largest absolute Gasteiger partial charge is 0.330 e. The summed E-state index contributed by atoms with van der Waals surface area (Å²) >= 11 is 1.90. The molecule has 2 N–H and O–H groups in total. The van der Waals surface area contributed by atoms with Crippen LogP contribution in [0.25, 0.3) is 0 Å². The Labute approximate surface area is 78.6 Å². The highest BCUT2D eigenvalue weighted by molar-refractivity contribution is 7.12. The fourth-order valence-corrected chi connectivity index (χ4v) is 2.37. The minimum atomic E-state index is 0.822. The number of hydrogen-bond acceptors (Lipinski definition) is 2. The Bertz CT molecular complexity index is 240. The van der Waals surface area contributed by atoms with E-state index in [-0.39, 0.29) is 0 Å². The molecule has 12 heavy (non-hydrogen) atoms. The highest BCUT2D eigenvalue weighted by Gasteiger charge is 2.01. The van der Waals surface area contributed by atoms with Gasteiger partial charge in [-0.15, -0.1) is 11.3 Å². The van der Waals surface area contributed by atoms with E-state index in [0.717, 1.165) is 13.0 Å². The molecule has 0 saturated heterocycles. The predicted molar refractivity (Wildman–Crippen MR) is 55.8 cm³/mol. The van der Waals surface area contributed by atoms with E-state index in [9.17, 15) is 0 Å². The molecule has 0 radical (unpaired) electrons. The lowest BCUT2D eigenvalue weighted by atomic mass is 10.1. The van der Waals surface area contributed by atoms with Crippen LogP contribution in [0.5, 0.6) is 0 Å². The first kappa shape index (κ1) is 9.75. The molecule has 1 aromatic heterocycles. The Balaban J connectivity index is 2.45. The fourth-order valence-electron chi connectivity index (χ4n) is 1.39. The molecular weight excluding hydrogens is 166 g/mol. The van der Waals surface area contributed by atoms with Crippen molar-refractivity contribution in [2.45, 2.75) is 33.1 Å². The fraction of sp³-hybridized carbons (Fsp3) is 0.600. The molecule has 0 saturated carbocycles. The first-order chi connectivity index (χ1) is 5.74. The molecule has 0 aliphatic heterocycles. The maximum atomic E-state index is 5.44. The number of aryl methyl sites for hydroxylation is 3. The van der Waals surface area contributed by atoms with Crippen LogP contribution in [-0.4, -0.2) is 6.54 Å². The SMILES string of the molecule is Cc1cc(CCCCN)c(C)s1. The zero-order valence-corrected chi connectivity index (χ0v) is 8.71. The van der Waals surface area contributed by atoms with E-state index in [1.54, 1.807) is 0 Å². The van der Waals surface area contributed by atoms with Crippen molar-refractivity contribution in [1.29, 1.82) is 0 Å². The molecule has 1 aromatic rings. The molecule has 0 aromatic carbocycles. The molecule has 0 bridgehead atoms. The van der Waals surface area contributed by atoms with Crippen LogP contribution in [0.3, 0.4) is 0 Å². The second-order valence-corrected chi connectivity index (χ2v) is 4.64. The van der Waals surface area contributed by atoms with Crippen molar-refractivity contribution in [2.24, 2.45) is 5.73 Å². The summed E-state index contributed by atoms with van der Waals surface area (Å²) in [6.45, 7) is 5.20. The third-order valence-electron chi connectivity index (χ3n) is 2.04. The van der Waals surface area contributed by atoms with Gasteiger partial charge < -0.3 is 5.73 Å². The Morgan fingerprint density at radius 3 is 2.58 bits per heavy atom. The van der Waals surface area contributed by atoms with E-state index < -0.39 is 0 Å². The average molecular weight is 183 g/mol. The van der Waals surface area contributed by atoms with Crippen LogP contribution in [0.15, 0.2) is 6.07 Å². The lowest BCUT2D eigenvalue weighted by Gasteiger charge is -1.97. The van der Waals surface area contributed by atoms with Gasteiger partial charge in [-0.05, 0) is 51.3 Å². The van der Waals surface area contributed by atoms with E-state index in [4.69, 9.17) is 5.73 Å². The van der Waals surface area contributed by atoms with Crippen molar-refractivity contribution in [1.82, 2.24) is 0 Å². The van der Waals surface area contributed by atoms with Gasteiger partial charge in [0.05, 0.1) is 0 Å². The maximum Gasteiger partial charge on any atom is 0.00490 e. The van der Waals surface area contributed by atoms with Gasteiger partial charge in [0.15, 0.2) is 0 Å². The zero-order chi connectivity index (χ0) is 8.97. The van der Waals surface area contributed by atoms with Gasteiger partial charge in [0.25, 0.3) is 0 Å². The van der Waals surface area contributed by atoms with Gasteiger partial charge in [-0.2, -0.15) is 0 Å². The highest BCUT2D eigenvalue weighted by atomic mass is 32.1. The molecule has 0 amide bonds. The Morgan fingerprint density at radius 1 is 1.33 bits per heavy atom. The molecule has 1 rings (SSSR count). The lowest BCUT2D eigenvalue weighted by Crippen LogP contribution is -1.98. The lowest BCUT2D eigenvalue weighted by molar-refractivity contribution is 0.744. The minimum absolute atomic E-state index is 0.822. The molecule has 0 aliphatic rings. The third-order valence-corrected chi connectivity index (χ3v) is 3.05. The quantitative estimate of drug-likeness (QED) is 0.713. The Kier molecular flexibility index (Phi) is 3.76. The van der Waals surface area contributed by atoms with Gasteiger partial charge in [0.1, 0.15) is 0 Å². The van der Waals surface area contributed by atoms with Crippen LogP contribution in [0.2, 0.25) is 0 Å². The summed E-state index contributed by atoms with van der Waals surface area (Å²) in [5.41, 5.74) is 6.96. The normalized spacial score (nSPS) is 10.6. The topological polar surface area (TPSA) is 26.0 Å². The Morgan fingerprint density at radius 2 is 2.08 bits per heavy atom. The summed E-state index contributed by atoms with van der Waals surface area (Å²) in [5, 5.41) is 0. The summed E-state index contributed by atoms with van der Waals surface area (Å²) < 4.78 is 0. The monoisotopic (exact) mass is 183 g/mol. The molecule has 0 aliphatic carbocycles. The minimum Gasteiger partial charge on any atom is -0.330 e. The van der Waals surface area contributed by atoms with Crippen LogP contribution in [-0.2, 0) is 6.42 Å². The smallest absolute Gasteiger partial charge is 0.00490 e. The van der Waals surface area contributed by atoms with Gasteiger partial charge in [-0.1, -0.05) is 0 Å². The number of nitrogens with two attached hydrogens (primary N) is 1. The van der Waals surface area contributed by atoms with E-state index in [1.807, 2.05) is 11.3 Å². The molecule has 2 heteroatoms. The molecule has 1 nitrogen and oxygen atoms in total. The molecule has 0 unspecified atom stereocenters. The van der Waals surface area contributed by atoms with Crippen molar-refractivity contribution < 1.29 is 0 Å². The standard InChI is InChI=1S/C10H17NS/c1-8-7-10(9(2)12-8)5-3-4-6-11/h7H,3-6,11H2,1-2H3. The first-order valence-corrected chi connectivity index (χ1v) is 5.31.